The number of likely N-dealkylation sites (tertiary alicyclic amines) is 1. The molecule has 166 valence electrons. The smallest absolute Gasteiger partial charge is 0.255 e. The van der Waals surface area contributed by atoms with E-state index in [1.54, 1.807) is 30.2 Å². The number of carbonyl (C=O) groups excluding carboxylic acids is 2. The summed E-state index contributed by atoms with van der Waals surface area (Å²) in [5, 5.41) is 0. The third-order valence-electron chi connectivity index (χ3n) is 6.22. The van der Waals surface area contributed by atoms with E-state index in [1.165, 1.54) is 0 Å². The number of ether oxygens (including phenoxy) is 1. The van der Waals surface area contributed by atoms with Crippen molar-refractivity contribution in [2.45, 2.75) is 37.9 Å². The molecule has 1 unspecified atom stereocenters. The van der Waals surface area contributed by atoms with Crippen molar-refractivity contribution in [3.8, 4) is 0 Å². The number of hydrogen-bond donors (Lipinski definition) is 0. The lowest BCUT2D eigenvalue weighted by Gasteiger charge is -2.49. The van der Waals surface area contributed by atoms with E-state index in [0.717, 1.165) is 37.3 Å². The van der Waals surface area contributed by atoms with E-state index in [0.29, 0.717) is 19.5 Å². The maximum absolute atomic E-state index is 12.7. The lowest BCUT2D eigenvalue weighted by molar-refractivity contribution is -0.161. The maximum atomic E-state index is 12.7. The van der Waals surface area contributed by atoms with Crippen LogP contribution in [0.15, 0.2) is 67.4 Å². The number of morpholine rings is 1. The molecule has 2 saturated heterocycles. The van der Waals surface area contributed by atoms with Crippen LogP contribution in [-0.2, 0) is 14.3 Å². The zero-order valence-electron chi connectivity index (χ0n) is 18.6. The zero-order chi connectivity index (χ0) is 22.4. The van der Waals surface area contributed by atoms with E-state index >= 15 is 0 Å². The highest BCUT2D eigenvalue weighted by atomic mass is 16.5. The van der Waals surface area contributed by atoms with Crippen LogP contribution in [0.4, 0.5) is 5.69 Å². The van der Waals surface area contributed by atoms with Gasteiger partial charge in [-0.2, -0.15) is 0 Å². The van der Waals surface area contributed by atoms with Gasteiger partial charge < -0.3 is 19.4 Å². The summed E-state index contributed by atoms with van der Waals surface area (Å²) >= 11 is 0. The van der Waals surface area contributed by atoms with Crippen LogP contribution in [0.5, 0.6) is 0 Å². The number of likely N-dealkylation sites (N-methyl/N-ethyl adjacent to an activating group) is 1. The molecule has 0 bridgehead atoms. The first kappa shape index (κ1) is 23.0. The van der Waals surface area contributed by atoms with Gasteiger partial charge in [0, 0.05) is 44.5 Å². The van der Waals surface area contributed by atoms with Gasteiger partial charge in [-0.25, -0.2) is 0 Å². The van der Waals surface area contributed by atoms with Gasteiger partial charge in [0.25, 0.3) is 5.91 Å². The van der Waals surface area contributed by atoms with Gasteiger partial charge in [0.05, 0.1) is 12.1 Å². The zero-order valence-corrected chi connectivity index (χ0v) is 18.6. The van der Waals surface area contributed by atoms with Gasteiger partial charge in [0.1, 0.15) is 6.10 Å². The molecule has 1 spiro atoms. The first-order valence-corrected chi connectivity index (χ1v) is 10.9. The van der Waals surface area contributed by atoms with Crippen molar-refractivity contribution in [2.24, 2.45) is 0 Å². The Balaban J connectivity index is 1.56. The molecule has 2 amide bonds. The lowest BCUT2D eigenvalue weighted by Crippen LogP contribution is -2.61. The quantitative estimate of drug-likeness (QED) is 0.631. The summed E-state index contributed by atoms with van der Waals surface area (Å²) in [4.78, 5) is 31.0. The van der Waals surface area contributed by atoms with Gasteiger partial charge in [0.15, 0.2) is 0 Å². The SMILES string of the molecule is C=C/C=C(\C=C)N(C)C(=O)CCN1CCC2(CC1)CN(c1ccccc1)C(=O)C(C)O2. The highest BCUT2D eigenvalue weighted by Crippen LogP contribution is 2.35. The number of para-hydroxylation sites is 1. The van der Waals surface area contributed by atoms with Crippen LogP contribution in [0.25, 0.3) is 0 Å². The normalized spacial score (nSPS) is 21.7. The molecule has 0 radical (unpaired) electrons. The maximum Gasteiger partial charge on any atom is 0.255 e. The molecule has 3 rings (SSSR count). The standard InChI is InChI=1S/C25H33N3O3/c1-5-10-21(6-2)26(4)23(29)13-16-27-17-14-25(15-18-27)19-28(24(30)20(3)31-25)22-11-8-7-9-12-22/h5-12,20H,1-2,13-19H2,3-4H3/b21-10+. The number of anilines is 1. The number of allylic oxidation sites excluding steroid dienone is 3. The largest absolute Gasteiger partial charge is 0.360 e. The number of rotatable bonds is 7. The average Bonchev–Trinajstić information content (AvgIpc) is 2.79. The monoisotopic (exact) mass is 423 g/mol. The Kier molecular flexibility index (Phi) is 7.46. The topological polar surface area (TPSA) is 53.1 Å². The van der Waals surface area contributed by atoms with Crippen LogP contribution in [-0.4, -0.2) is 66.5 Å². The van der Waals surface area contributed by atoms with Crippen molar-refractivity contribution in [3.05, 3.63) is 67.4 Å². The van der Waals surface area contributed by atoms with Crippen LogP contribution in [0.2, 0.25) is 0 Å². The van der Waals surface area contributed by atoms with Gasteiger partial charge in [0.2, 0.25) is 5.91 Å². The fraction of sp³-hybridized carbons (Fsp3) is 0.440. The van der Waals surface area contributed by atoms with Gasteiger partial charge in [-0.05, 0) is 44.1 Å². The minimum Gasteiger partial charge on any atom is -0.360 e. The second-order valence-electron chi connectivity index (χ2n) is 8.28. The second-order valence-corrected chi connectivity index (χ2v) is 8.28. The predicted molar refractivity (Wildman–Crippen MR) is 124 cm³/mol. The molecule has 6 heteroatoms. The highest BCUT2D eigenvalue weighted by molar-refractivity contribution is 5.97. The number of carbonyl (C=O) groups is 2. The van der Waals surface area contributed by atoms with E-state index in [9.17, 15) is 9.59 Å². The molecule has 0 N–H and O–H groups in total. The van der Waals surface area contributed by atoms with Crippen LogP contribution in [0.1, 0.15) is 26.2 Å². The highest BCUT2D eigenvalue weighted by Gasteiger charge is 2.45. The predicted octanol–water partition coefficient (Wildman–Crippen LogP) is 3.38. The minimum absolute atomic E-state index is 0.0125. The fourth-order valence-electron chi connectivity index (χ4n) is 4.34. The third kappa shape index (κ3) is 5.32. The first-order chi connectivity index (χ1) is 14.9. The van der Waals surface area contributed by atoms with E-state index in [-0.39, 0.29) is 17.4 Å². The molecule has 1 atom stereocenters. The van der Waals surface area contributed by atoms with Gasteiger partial charge in [-0.3, -0.25) is 9.59 Å². The summed E-state index contributed by atoms with van der Waals surface area (Å²) in [5.41, 5.74) is 1.33. The number of nitrogens with zero attached hydrogens (tertiary/aromatic N) is 3. The van der Waals surface area contributed by atoms with Crippen molar-refractivity contribution in [2.75, 3.05) is 38.1 Å². The molecule has 0 aliphatic carbocycles. The van der Waals surface area contributed by atoms with E-state index < -0.39 is 6.10 Å². The molecule has 1 aromatic rings. The summed E-state index contributed by atoms with van der Waals surface area (Å²) in [7, 11) is 1.76. The molecule has 0 aromatic heterocycles. The van der Waals surface area contributed by atoms with Crippen LogP contribution in [0, 0.1) is 0 Å². The molecule has 2 aliphatic heterocycles. The Morgan fingerprint density at radius 2 is 1.94 bits per heavy atom. The summed E-state index contributed by atoms with van der Waals surface area (Å²) in [6, 6.07) is 9.80. The molecule has 31 heavy (non-hydrogen) atoms. The lowest BCUT2D eigenvalue weighted by atomic mass is 9.88. The molecule has 2 fully saturated rings. The summed E-state index contributed by atoms with van der Waals surface area (Å²) < 4.78 is 6.24. The summed E-state index contributed by atoms with van der Waals surface area (Å²) in [6.45, 7) is 12.2. The van der Waals surface area contributed by atoms with Gasteiger partial charge in [-0.1, -0.05) is 37.4 Å². The fourth-order valence-corrected chi connectivity index (χ4v) is 4.34. The Morgan fingerprint density at radius 3 is 2.55 bits per heavy atom. The number of amides is 2. The molecule has 0 saturated carbocycles. The molecule has 2 aliphatic rings. The number of piperidine rings is 1. The van der Waals surface area contributed by atoms with E-state index in [2.05, 4.69) is 18.1 Å². The van der Waals surface area contributed by atoms with Crippen molar-refractivity contribution in [3.63, 3.8) is 0 Å². The van der Waals surface area contributed by atoms with Crippen LogP contribution in [0.3, 0.4) is 0 Å². The Bertz CT molecular complexity index is 841. The van der Waals surface area contributed by atoms with Gasteiger partial charge >= 0.3 is 0 Å². The second kappa shape index (κ2) is 10.1. The van der Waals surface area contributed by atoms with Crippen LogP contribution < -0.4 is 4.90 Å². The molecule has 6 nitrogen and oxygen atoms in total. The first-order valence-electron chi connectivity index (χ1n) is 10.9. The Labute approximate surface area is 185 Å². The van der Waals surface area contributed by atoms with Crippen molar-refractivity contribution >= 4 is 17.5 Å². The molecular weight excluding hydrogens is 390 g/mol. The molecule has 2 heterocycles. The minimum atomic E-state index is -0.454. The summed E-state index contributed by atoms with van der Waals surface area (Å²) in [6.07, 6.45) is 6.75. The van der Waals surface area contributed by atoms with E-state index in [1.807, 2.05) is 42.2 Å². The van der Waals surface area contributed by atoms with Crippen molar-refractivity contribution in [1.29, 1.82) is 0 Å². The Hall–Kier alpha value is -2.70. The van der Waals surface area contributed by atoms with E-state index in [4.69, 9.17) is 4.74 Å². The van der Waals surface area contributed by atoms with Crippen LogP contribution >= 0.6 is 0 Å². The van der Waals surface area contributed by atoms with Crippen molar-refractivity contribution in [1.82, 2.24) is 9.80 Å². The third-order valence-corrected chi connectivity index (χ3v) is 6.22. The van der Waals surface area contributed by atoms with Gasteiger partial charge in [-0.15, -0.1) is 0 Å². The average molecular weight is 424 g/mol. The molecule has 1 aromatic carbocycles. The number of benzene rings is 1. The number of hydrogen-bond acceptors (Lipinski definition) is 4. The van der Waals surface area contributed by atoms with Crippen molar-refractivity contribution < 1.29 is 14.3 Å². The summed E-state index contributed by atoms with van der Waals surface area (Å²) in [5.74, 6) is 0.0650. The Morgan fingerprint density at radius 1 is 1.26 bits per heavy atom. The molecular formula is C25H33N3O3.